The monoisotopic (exact) mass is 442 g/mol. The fourth-order valence-electron chi connectivity index (χ4n) is 3.98. The van der Waals surface area contributed by atoms with E-state index in [1.165, 1.54) is 6.42 Å². The number of ether oxygens (including phenoxy) is 1. The third-order valence-electron chi connectivity index (χ3n) is 5.93. The molecule has 0 bridgehead atoms. The number of nitrogens with zero attached hydrogens (tertiary/aromatic N) is 1. The lowest BCUT2D eigenvalue weighted by Gasteiger charge is -2.31. The van der Waals surface area contributed by atoms with Crippen molar-refractivity contribution < 1.29 is 14.3 Å². The van der Waals surface area contributed by atoms with E-state index in [4.69, 9.17) is 16.3 Å². The molecule has 0 radical (unpaired) electrons. The molecule has 2 aromatic carbocycles. The van der Waals surface area contributed by atoms with Crippen molar-refractivity contribution in [3.8, 4) is 5.75 Å². The van der Waals surface area contributed by atoms with Gasteiger partial charge in [-0.05, 0) is 49.1 Å². The van der Waals surface area contributed by atoms with Gasteiger partial charge in [-0.15, -0.1) is 0 Å². The number of methoxy groups -OCH3 is 1. The third-order valence-corrected chi connectivity index (χ3v) is 6.30. The van der Waals surface area contributed by atoms with Crippen LogP contribution in [0.2, 0.25) is 5.02 Å². The average molecular weight is 443 g/mol. The maximum absolute atomic E-state index is 13.3. The smallest absolute Gasteiger partial charge is 0.242 e. The summed E-state index contributed by atoms with van der Waals surface area (Å²) in [4.78, 5) is 27.9. The lowest BCUT2D eigenvalue weighted by molar-refractivity contribution is -0.140. The summed E-state index contributed by atoms with van der Waals surface area (Å²) in [6.07, 6.45) is 5.71. The van der Waals surface area contributed by atoms with Gasteiger partial charge in [0.05, 0.1) is 13.5 Å². The van der Waals surface area contributed by atoms with Gasteiger partial charge >= 0.3 is 0 Å². The number of rotatable bonds is 8. The molecule has 3 rings (SSSR count). The number of amides is 2. The summed E-state index contributed by atoms with van der Waals surface area (Å²) in [5.41, 5.74) is 1.69. The highest BCUT2D eigenvalue weighted by Crippen LogP contribution is 2.21. The second kappa shape index (κ2) is 11.2. The van der Waals surface area contributed by atoms with E-state index >= 15 is 0 Å². The van der Waals surface area contributed by atoms with Crippen molar-refractivity contribution in [3.05, 3.63) is 64.7 Å². The van der Waals surface area contributed by atoms with Crippen LogP contribution < -0.4 is 10.1 Å². The number of nitrogens with one attached hydrogen (secondary N) is 1. The maximum Gasteiger partial charge on any atom is 0.242 e. The minimum absolute atomic E-state index is 0.109. The molecule has 1 N–H and O–H groups in total. The molecule has 0 unspecified atom stereocenters. The van der Waals surface area contributed by atoms with E-state index in [-0.39, 0.29) is 30.8 Å². The maximum atomic E-state index is 13.3. The molecule has 5 nitrogen and oxygen atoms in total. The van der Waals surface area contributed by atoms with Crippen molar-refractivity contribution in [1.29, 1.82) is 0 Å². The Hall–Kier alpha value is -2.53. The molecular formula is C25H31ClN2O3. The summed E-state index contributed by atoms with van der Waals surface area (Å²) < 4.78 is 5.19. The molecule has 6 heteroatoms. The standard InChI is InChI=1S/C25H31ClN2O3/c1-18(25(30)27-21-9-4-3-5-10-21)28(17-20-8-6-7-11-23(20)26)24(29)16-19-12-14-22(31-2)15-13-19/h6-8,11-15,18,21H,3-5,9-10,16-17H2,1-2H3,(H,27,30)/t18-/m1/s1. The molecule has 166 valence electrons. The lowest BCUT2D eigenvalue weighted by atomic mass is 9.95. The van der Waals surface area contributed by atoms with Crippen LogP contribution in [0.1, 0.15) is 50.2 Å². The third kappa shape index (κ3) is 6.47. The molecule has 1 atom stereocenters. The van der Waals surface area contributed by atoms with Gasteiger partial charge in [0, 0.05) is 17.6 Å². The fourth-order valence-corrected chi connectivity index (χ4v) is 4.18. The minimum Gasteiger partial charge on any atom is -0.497 e. The van der Waals surface area contributed by atoms with E-state index in [2.05, 4.69) is 5.32 Å². The SMILES string of the molecule is COc1ccc(CC(=O)N(Cc2ccccc2Cl)[C@H](C)C(=O)NC2CCCCC2)cc1. The second-order valence-electron chi connectivity index (χ2n) is 8.16. The van der Waals surface area contributed by atoms with Crippen LogP contribution in [0.15, 0.2) is 48.5 Å². The van der Waals surface area contributed by atoms with Crippen LogP contribution in [0.5, 0.6) is 5.75 Å². The molecule has 0 aliphatic heterocycles. The Kier molecular flexibility index (Phi) is 8.35. The van der Waals surface area contributed by atoms with Gasteiger partial charge in [-0.25, -0.2) is 0 Å². The normalized spacial score (nSPS) is 15.2. The van der Waals surface area contributed by atoms with Crippen molar-refractivity contribution in [1.82, 2.24) is 10.2 Å². The van der Waals surface area contributed by atoms with Gasteiger partial charge in [0.1, 0.15) is 11.8 Å². The summed E-state index contributed by atoms with van der Waals surface area (Å²) >= 11 is 6.35. The molecule has 31 heavy (non-hydrogen) atoms. The average Bonchev–Trinajstić information content (AvgIpc) is 2.79. The predicted molar refractivity (Wildman–Crippen MR) is 123 cm³/mol. The zero-order valence-electron chi connectivity index (χ0n) is 18.3. The van der Waals surface area contributed by atoms with E-state index in [0.29, 0.717) is 5.02 Å². The Morgan fingerprint density at radius 1 is 1.10 bits per heavy atom. The van der Waals surface area contributed by atoms with Crippen molar-refractivity contribution in [3.63, 3.8) is 0 Å². The molecule has 0 spiro atoms. The van der Waals surface area contributed by atoms with E-state index in [1.807, 2.05) is 42.5 Å². The molecule has 0 saturated heterocycles. The number of halogens is 1. The number of carbonyl (C=O) groups excluding carboxylic acids is 2. The molecule has 0 heterocycles. The first kappa shape index (κ1) is 23.1. The Bertz CT molecular complexity index is 879. The Morgan fingerprint density at radius 3 is 2.42 bits per heavy atom. The molecule has 1 saturated carbocycles. The van der Waals surface area contributed by atoms with Crippen LogP contribution in [0.3, 0.4) is 0 Å². The Labute approximate surface area is 189 Å². The predicted octanol–water partition coefficient (Wildman–Crippen LogP) is 4.76. The highest BCUT2D eigenvalue weighted by Gasteiger charge is 2.28. The molecule has 0 aromatic heterocycles. The summed E-state index contributed by atoms with van der Waals surface area (Å²) in [6.45, 7) is 2.08. The van der Waals surface area contributed by atoms with Gasteiger partial charge in [-0.3, -0.25) is 9.59 Å². The number of benzene rings is 2. The molecule has 2 amide bonds. The Balaban J connectivity index is 1.76. The van der Waals surface area contributed by atoms with Crippen molar-refractivity contribution >= 4 is 23.4 Å². The van der Waals surface area contributed by atoms with Gasteiger partial charge in [0.15, 0.2) is 0 Å². The summed E-state index contributed by atoms with van der Waals surface area (Å²) in [5, 5.41) is 3.74. The van der Waals surface area contributed by atoms with Crippen LogP contribution in [-0.4, -0.2) is 35.9 Å². The molecule has 1 fully saturated rings. The molecular weight excluding hydrogens is 412 g/mol. The van der Waals surface area contributed by atoms with Crippen LogP contribution >= 0.6 is 11.6 Å². The van der Waals surface area contributed by atoms with Crippen molar-refractivity contribution in [2.24, 2.45) is 0 Å². The number of carbonyl (C=O) groups is 2. The largest absolute Gasteiger partial charge is 0.497 e. The van der Waals surface area contributed by atoms with Crippen molar-refractivity contribution in [2.45, 2.75) is 64.1 Å². The molecule has 1 aliphatic carbocycles. The number of hydrogen-bond acceptors (Lipinski definition) is 3. The zero-order chi connectivity index (χ0) is 22.2. The van der Waals surface area contributed by atoms with Crippen LogP contribution in [-0.2, 0) is 22.6 Å². The highest BCUT2D eigenvalue weighted by molar-refractivity contribution is 6.31. The fraction of sp³-hybridized carbons (Fsp3) is 0.440. The second-order valence-corrected chi connectivity index (χ2v) is 8.56. The first-order chi connectivity index (χ1) is 15.0. The summed E-state index contributed by atoms with van der Waals surface area (Å²) in [5.74, 6) is 0.516. The van der Waals surface area contributed by atoms with Gasteiger partial charge in [0.2, 0.25) is 11.8 Å². The van der Waals surface area contributed by atoms with E-state index < -0.39 is 6.04 Å². The Morgan fingerprint density at radius 2 is 1.77 bits per heavy atom. The zero-order valence-corrected chi connectivity index (χ0v) is 19.0. The first-order valence-electron chi connectivity index (χ1n) is 10.9. The van der Waals surface area contributed by atoms with E-state index in [1.54, 1.807) is 25.0 Å². The van der Waals surface area contributed by atoms with Crippen LogP contribution in [0, 0.1) is 0 Å². The topological polar surface area (TPSA) is 58.6 Å². The molecule has 2 aromatic rings. The van der Waals surface area contributed by atoms with Gasteiger partial charge in [-0.1, -0.05) is 61.2 Å². The van der Waals surface area contributed by atoms with E-state index in [9.17, 15) is 9.59 Å². The van der Waals surface area contributed by atoms with Gasteiger partial charge in [-0.2, -0.15) is 0 Å². The summed E-state index contributed by atoms with van der Waals surface area (Å²) in [6, 6.07) is 14.5. The van der Waals surface area contributed by atoms with E-state index in [0.717, 1.165) is 42.6 Å². The first-order valence-corrected chi connectivity index (χ1v) is 11.3. The van der Waals surface area contributed by atoms with Gasteiger partial charge in [0.25, 0.3) is 0 Å². The lowest BCUT2D eigenvalue weighted by Crippen LogP contribution is -2.50. The van der Waals surface area contributed by atoms with Crippen LogP contribution in [0.25, 0.3) is 0 Å². The highest BCUT2D eigenvalue weighted by atomic mass is 35.5. The van der Waals surface area contributed by atoms with Gasteiger partial charge < -0.3 is 15.0 Å². The van der Waals surface area contributed by atoms with Crippen molar-refractivity contribution in [2.75, 3.05) is 7.11 Å². The number of hydrogen-bond donors (Lipinski definition) is 1. The van der Waals surface area contributed by atoms with Crippen LogP contribution in [0.4, 0.5) is 0 Å². The quantitative estimate of drug-likeness (QED) is 0.641. The minimum atomic E-state index is -0.594. The molecule has 1 aliphatic rings. The summed E-state index contributed by atoms with van der Waals surface area (Å²) in [7, 11) is 1.61.